The number of hydrogen-bond acceptors (Lipinski definition) is 3. The van der Waals surface area contributed by atoms with Gasteiger partial charge in [-0.3, -0.25) is 4.90 Å². The van der Waals surface area contributed by atoms with Crippen LogP contribution in [0.1, 0.15) is 34.1 Å². The molecule has 0 heterocycles. The van der Waals surface area contributed by atoms with Gasteiger partial charge < -0.3 is 9.47 Å². The Morgan fingerprint density at radius 1 is 1.05 bits per heavy atom. The number of likely N-dealkylation sites (N-methyl/N-ethyl adjacent to an activating group) is 1. The van der Waals surface area contributed by atoms with Gasteiger partial charge in [-0.1, -0.05) is 19.9 Å². The first-order valence-electron chi connectivity index (χ1n) is 7.27. The van der Waals surface area contributed by atoms with E-state index >= 15 is 0 Å². The van der Waals surface area contributed by atoms with Gasteiger partial charge in [0.15, 0.2) is 0 Å². The van der Waals surface area contributed by atoms with Crippen molar-refractivity contribution in [1.29, 1.82) is 0 Å². The lowest BCUT2D eigenvalue weighted by Gasteiger charge is -2.24. The van der Waals surface area contributed by atoms with Gasteiger partial charge >= 0.3 is 0 Å². The zero-order valence-electron chi connectivity index (χ0n) is 12.7. The normalized spacial score (nSPS) is 11.1. The summed E-state index contributed by atoms with van der Waals surface area (Å²) in [6.45, 7) is 12.2. The van der Waals surface area contributed by atoms with Gasteiger partial charge in [0.25, 0.3) is 0 Å². The van der Waals surface area contributed by atoms with E-state index in [1.807, 2.05) is 24.3 Å². The van der Waals surface area contributed by atoms with Crippen molar-refractivity contribution in [2.24, 2.45) is 0 Å². The largest absolute Gasteiger partial charge is 0.493 e. The van der Waals surface area contributed by atoms with Gasteiger partial charge in [-0.15, -0.1) is 0 Å². The molecule has 3 heteroatoms. The molecule has 0 N–H and O–H groups in total. The second-order valence-electron chi connectivity index (χ2n) is 4.89. The summed E-state index contributed by atoms with van der Waals surface area (Å²) in [5, 5.41) is 0. The molecule has 0 spiro atoms. The highest BCUT2D eigenvalue weighted by atomic mass is 16.5. The fourth-order valence-corrected chi connectivity index (χ4v) is 1.94. The smallest absolute Gasteiger partial charge is 0.123 e. The van der Waals surface area contributed by atoms with Crippen LogP contribution < -0.4 is 9.47 Å². The molecule has 1 aromatic rings. The molecule has 0 saturated carbocycles. The Hall–Kier alpha value is -1.22. The Balaban J connectivity index is 2.40. The minimum atomic E-state index is 0.563. The van der Waals surface area contributed by atoms with Crippen LogP contribution in [0.15, 0.2) is 24.3 Å². The summed E-state index contributed by atoms with van der Waals surface area (Å²) in [5.41, 5.74) is 0. The number of benzene rings is 1. The van der Waals surface area contributed by atoms with Gasteiger partial charge in [0, 0.05) is 18.7 Å². The number of hydrogen-bond donors (Lipinski definition) is 0. The van der Waals surface area contributed by atoms with Crippen molar-refractivity contribution in [2.45, 2.75) is 40.2 Å². The first kappa shape index (κ1) is 15.8. The molecule has 0 saturated heterocycles. The molecule has 0 amide bonds. The fourth-order valence-electron chi connectivity index (χ4n) is 1.94. The Morgan fingerprint density at radius 3 is 2.21 bits per heavy atom. The van der Waals surface area contributed by atoms with Gasteiger partial charge in [-0.25, -0.2) is 0 Å². The van der Waals surface area contributed by atoms with Crippen LogP contribution in [0.25, 0.3) is 0 Å². The highest BCUT2D eigenvalue weighted by molar-refractivity contribution is 5.32. The number of rotatable bonds is 9. The quantitative estimate of drug-likeness (QED) is 0.681. The highest BCUT2D eigenvalue weighted by Gasteiger charge is 2.06. The average molecular weight is 265 g/mol. The predicted molar refractivity (Wildman–Crippen MR) is 80.1 cm³/mol. The van der Waals surface area contributed by atoms with E-state index in [0.29, 0.717) is 12.6 Å². The van der Waals surface area contributed by atoms with Crippen LogP contribution in [0, 0.1) is 0 Å². The summed E-state index contributed by atoms with van der Waals surface area (Å²) in [6.07, 6.45) is 1.02. The topological polar surface area (TPSA) is 21.7 Å². The molecule has 0 aliphatic carbocycles. The third-order valence-electron chi connectivity index (χ3n) is 3.06. The van der Waals surface area contributed by atoms with Crippen molar-refractivity contribution in [3.8, 4) is 11.5 Å². The molecule has 0 unspecified atom stereocenters. The van der Waals surface area contributed by atoms with Crippen molar-refractivity contribution in [3.63, 3.8) is 0 Å². The van der Waals surface area contributed by atoms with Crippen molar-refractivity contribution in [2.75, 3.05) is 26.3 Å². The zero-order valence-corrected chi connectivity index (χ0v) is 12.7. The number of ether oxygens (including phenoxy) is 2. The lowest BCUT2D eigenvalue weighted by Crippen LogP contribution is -2.34. The standard InChI is InChI=1S/C16H27NO2/c1-5-11-18-15-8-7-9-16(13-15)19-12-10-17(6-2)14(3)4/h7-9,13-14H,5-6,10-12H2,1-4H3. The molecular formula is C16H27NO2. The van der Waals surface area contributed by atoms with Crippen LogP contribution in [-0.2, 0) is 0 Å². The first-order valence-corrected chi connectivity index (χ1v) is 7.27. The monoisotopic (exact) mass is 265 g/mol. The first-order chi connectivity index (χ1) is 9.17. The number of nitrogens with zero attached hydrogens (tertiary/aromatic N) is 1. The molecule has 0 atom stereocenters. The van der Waals surface area contributed by atoms with Crippen LogP contribution in [0.3, 0.4) is 0 Å². The second-order valence-corrected chi connectivity index (χ2v) is 4.89. The minimum Gasteiger partial charge on any atom is -0.493 e. The summed E-state index contributed by atoms with van der Waals surface area (Å²) < 4.78 is 11.4. The molecule has 1 aromatic carbocycles. The molecule has 1 rings (SSSR count). The zero-order chi connectivity index (χ0) is 14.1. The predicted octanol–water partition coefficient (Wildman–Crippen LogP) is 3.58. The van der Waals surface area contributed by atoms with Gasteiger partial charge in [0.2, 0.25) is 0 Å². The summed E-state index contributed by atoms with van der Waals surface area (Å²) >= 11 is 0. The highest BCUT2D eigenvalue weighted by Crippen LogP contribution is 2.19. The summed E-state index contributed by atoms with van der Waals surface area (Å²) in [7, 11) is 0. The van der Waals surface area contributed by atoms with Crippen LogP contribution in [-0.4, -0.2) is 37.2 Å². The SMILES string of the molecule is CCCOc1cccc(OCCN(CC)C(C)C)c1. The molecule has 0 radical (unpaired) electrons. The maximum atomic E-state index is 5.79. The van der Waals surface area contributed by atoms with Crippen LogP contribution >= 0.6 is 0 Å². The third kappa shape index (κ3) is 5.97. The van der Waals surface area contributed by atoms with Gasteiger partial charge in [-0.2, -0.15) is 0 Å². The Kier molecular flexibility index (Phi) is 7.34. The van der Waals surface area contributed by atoms with Crippen LogP contribution in [0.2, 0.25) is 0 Å². The van der Waals surface area contributed by atoms with E-state index in [1.165, 1.54) is 0 Å². The molecule has 0 aliphatic heterocycles. The maximum Gasteiger partial charge on any atom is 0.123 e. The molecule has 3 nitrogen and oxygen atoms in total. The second kappa shape index (κ2) is 8.81. The average Bonchev–Trinajstić information content (AvgIpc) is 2.41. The maximum absolute atomic E-state index is 5.79. The summed E-state index contributed by atoms with van der Waals surface area (Å²) in [4.78, 5) is 2.39. The molecule has 0 aromatic heterocycles. The van der Waals surface area contributed by atoms with E-state index in [1.54, 1.807) is 0 Å². The van der Waals surface area contributed by atoms with Crippen molar-refractivity contribution in [1.82, 2.24) is 4.90 Å². The summed E-state index contributed by atoms with van der Waals surface area (Å²) in [6, 6.07) is 8.44. The molecule has 19 heavy (non-hydrogen) atoms. The third-order valence-corrected chi connectivity index (χ3v) is 3.06. The van der Waals surface area contributed by atoms with E-state index in [2.05, 4.69) is 32.6 Å². The van der Waals surface area contributed by atoms with E-state index in [-0.39, 0.29) is 0 Å². The lowest BCUT2D eigenvalue weighted by molar-refractivity contribution is 0.183. The molecule has 0 aliphatic rings. The molecule has 0 bridgehead atoms. The van der Waals surface area contributed by atoms with E-state index in [0.717, 1.165) is 37.6 Å². The van der Waals surface area contributed by atoms with Crippen molar-refractivity contribution < 1.29 is 9.47 Å². The Morgan fingerprint density at radius 2 is 1.68 bits per heavy atom. The van der Waals surface area contributed by atoms with E-state index in [4.69, 9.17) is 9.47 Å². The van der Waals surface area contributed by atoms with E-state index in [9.17, 15) is 0 Å². The van der Waals surface area contributed by atoms with Crippen molar-refractivity contribution in [3.05, 3.63) is 24.3 Å². The van der Waals surface area contributed by atoms with Crippen molar-refractivity contribution >= 4 is 0 Å². The molecular weight excluding hydrogens is 238 g/mol. The van der Waals surface area contributed by atoms with Crippen LogP contribution in [0.4, 0.5) is 0 Å². The van der Waals surface area contributed by atoms with E-state index < -0.39 is 0 Å². The van der Waals surface area contributed by atoms with Gasteiger partial charge in [-0.05, 0) is 38.9 Å². The summed E-state index contributed by atoms with van der Waals surface area (Å²) in [5.74, 6) is 1.77. The van der Waals surface area contributed by atoms with Gasteiger partial charge in [0.05, 0.1) is 6.61 Å². The van der Waals surface area contributed by atoms with Gasteiger partial charge in [0.1, 0.15) is 18.1 Å². The minimum absolute atomic E-state index is 0.563. The lowest BCUT2D eigenvalue weighted by atomic mass is 10.3. The Bertz CT molecular complexity index is 352. The molecule has 0 fully saturated rings. The van der Waals surface area contributed by atoms with Crippen LogP contribution in [0.5, 0.6) is 11.5 Å². The fraction of sp³-hybridized carbons (Fsp3) is 0.625. The molecule has 108 valence electrons. The Labute approximate surface area is 117 Å².